The first-order valence-corrected chi connectivity index (χ1v) is 7.87. The first-order chi connectivity index (χ1) is 11.3. The smallest absolute Gasteiger partial charge is 0.325 e. The first kappa shape index (κ1) is 17.2. The second-order valence-electron chi connectivity index (χ2n) is 5.27. The highest BCUT2D eigenvalue weighted by atomic mass is 16.5. The van der Waals surface area contributed by atoms with Crippen LogP contribution in [-0.4, -0.2) is 49.8 Å². The summed E-state index contributed by atoms with van der Waals surface area (Å²) in [6.45, 7) is 4.63. The van der Waals surface area contributed by atoms with Crippen molar-refractivity contribution in [2.45, 2.75) is 13.0 Å². The predicted octanol–water partition coefficient (Wildman–Crippen LogP) is 2.10. The zero-order chi connectivity index (χ0) is 16.5. The van der Waals surface area contributed by atoms with Crippen LogP contribution in [0.4, 0.5) is 0 Å². The van der Waals surface area contributed by atoms with Crippen molar-refractivity contribution in [3.63, 3.8) is 0 Å². The minimum absolute atomic E-state index is 0.273. The van der Waals surface area contributed by atoms with E-state index >= 15 is 0 Å². The van der Waals surface area contributed by atoms with Gasteiger partial charge in [0.05, 0.1) is 31.9 Å². The molecule has 0 N–H and O–H groups in total. The molecule has 1 saturated heterocycles. The largest absolute Gasteiger partial charge is 0.465 e. The SMILES string of the molecule is CCOC(=O)[C@@H](C#N)[C@@H](/C=C\c1ccccc1)N1CCOCC1. The molecule has 1 aromatic rings. The van der Waals surface area contributed by atoms with Gasteiger partial charge >= 0.3 is 5.97 Å². The molecule has 2 rings (SSSR count). The quantitative estimate of drug-likeness (QED) is 0.753. The van der Waals surface area contributed by atoms with Crippen molar-refractivity contribution in [1.82, 2.24) is 4.90 Å². The lowest BCUT2D eigenvalue weighted by Crippen LogP contribution is -2.48. The van der Waals surface area contributed by atoms with Crippen LogP contribution in [-0.2, 0) is 14.3 Å². The molecule has 0 spiro atoms. The number of hydrogen-bond acceptors (Lipinski definition) is 5. The fourth-order valence-electron chi connectivity index (χ4n) is 2.59. The maximum absolute atomic E-state index is 12.1. The number of esters is 1. The van der Waals surface area contributed by atoms with E-state index in [0.717, 1.165) is 5.56 Å². The highest BCUT2D eigenvalue weighted by Gasteiger charge is 2.33. The zero-order valence-electron chi connectivity index (χ0n) is 13.4. The van der Waals surface area contributed by atoms with Crippen LogP contribution in [0.3, 0.4) is 0 Å². The zero-order valence-corrected chi connectivity index (χ0v) is 13.4. The Kier molecular flexibility index (Phi) is 6.79. The second kappa shape index (κ2) is 9.09. The molecule has 0 unspecified atom stereocenters. The number of hydrogen-bond donors (Lipinski definition) is 0. The van der Waals surface area contributed by atoms with E-state index in [-0.39, 0.29) is 12.6 Å². The molecule has 1 heterocycles. The number of rotatable bonds is 6. The van der Waals surface area contributed by atoms with Gasteiger partial charge in [-0.3, -0.25) is 9.69 Å². The number of carbonyl (C=O) groups excluding carboxylic acids is 1. The van der Waals surface area contributed by atoms with E-state index in [2.05, 4.69) is 11.0 Å². The minimum atomic E-state index is -0.840. The molecule has 122 valence electrons. The van der Waals surface area contributed by atoms with Crippen molar-refractivity contribution in [3.8, 4) is 6.07 Å². The normalized spacial score (nSPS) is 18.3. The lowest BCUT2D eigenvalue weighted by atomic mass is 9.98. The van der Waals surface area contributed by atoms with Crippen molar-refractivity contribution >= 4 is 12.0 Å². The van der Waals surface area contributed by atoms with Gasteiger partial charge in [-0.1, -0.05) is 42.5 Å². The molecule has 1 aliphatic rings. The van der Waals surface area contributed by atoms with Gasteiger partial charge in [-0.2, -0.15) is 5.26 Å². The minimum Gasteiger partial charge on any atom is -0.465 e. The van der Waals surface area contributed by atoms with Gasteiger partial charge in [-0.15, -0.1) is 0 Å². The molecular formula is C18H22N2O3. The Morgan fingerprint density at radius 2 is 2.09 bits per heavy atom. The molecule has 1 fully saturated rings. The van der Waals surface area contributed by atoms with Crippen molar-refractivity contribution < 1.29 is 14.3 Å². The Morgan fingerprint density at radius 3 is 2.70 bits per heavy atom. The Balaban J connectivity index is 2.21. The number of carbonyl (C=O) groups is 1. The summed E-state index contributed by atoms with van der Waals surface area (Å²) in [5.74, 6) is -1.31. The van der Waals surface area contributed by atoms with Crippen LogP contribution in [0.15, 0.2) is 36.4 Å². The van der Waals surface area contributed by atoms with E-state index < -0.39 is 11.9 Å². The lowest BCUT2D eigenvalue weighted by Gasteiger charge is -2.34. The van der Waals surface area contributed by atoms with Crippen LogP contribution in [0.25, 0.3) is 6.08 Å². The maximum atomic E-state index is 12.1. The topological polar surface area (TPSA) is 62.6 Å². The van der Waals surface area contributed by atoms with E-state index in [1.807, 2.05) is 42.5 Å². The van der Waals surface area contributed by atoms with Gasteiger partial charge < -0.3 is 9.47 Å². The van der Waals surface area contributed by atoms with E-state index in [0.29, 0.717) is 26.3 Å². The lowest BCUT2D eigenvalue weighted by molar-refractivity contribution is -0.148. The molecule has 1 aromatic carbocycles. The van der Waals surface area contributed by atoms with Crippen molar-refractivity contribution in [1.29, 1.82) is 5.26 Å². The van der Waals surface area contributed by atoms with Crippen LogP contribution in [0.5, 0.6) is 0 Å². The molecule has 5 heteroatoms. The van der Waals surface area contributed by atoms with Gasteiger partial charge in [-0.05, 0) is 12.5 Å². The molecular weight excluding hydrogens is 292 g/mol. The fourth-order valence-corrected chi connectivity index (χ4v) is 2.59. The Bertz CT molecular complexity index is 559. The number of nitriles is 1. The molecule has 0 radical (unpaired) electrons. The average molecular weight is 314 g/mol. The number of benzene rings is 1. The molecule has 23 heavy (non-hydrogen) atoms. The maximum Gasteiger partial charge on any atom is 0.325 e. The van der Waals surface area contributed by atoms with Crippen molar-refractivity contribution in [2.24, 2.45) is 5.92 Å². The highest BCUT2D eigenvalue weighted by molar-refractivity contribution is 5.77. The standard InChI is InChI=1S/C18H22N2O3/c1-2-23-18(21)16(14-19)17(20-10-12-22-13-11-20)9-8-15-6-4-3-5-7-15/h3-9,16-17H,2,10-13H2,1H3/b9-8-/t16-,17+/m0/s1. The highest BCUT2D eigenvalue weighted by Crippen LogP contribution is 2.18. The van der Waals surface area contributed by atoms with Gasteiger partial charge in [0.2, 0.25) is 0 Å². The van der Waals surface area contributed by atoms with E-state index in [1.165, 1.54) is 0 Å². The summed E-state index contributed by atoms with van der Waals surface area (Å²) in [6.07, 6.45) is 3.87. The van der Waals surface area contributed by atoms with Gasteiger partial charge in [0.15, 0.2) is 5.92 Å². The molecule has 5 nitrogen and oxygen atoms in total. The second-order valence-corrected chi connectivity index (χ2v) is 5.27. The van der Waals surface area contributed by atoms with Crippen molar-refractivity contribution in [3.05, 3.63) is 42.0 Å². The molecule has 0 amide bonds. The summed E-state index contributed by atoms with van der Waals surface area (Å²) in [7, 11) is 0. The van der Waals surface area contributed by atoms with Crippen LogP contribution >= 0.6 is 0 Å². The number of nitrogens with zero attached hydrogens (tertiary/aromatic N) is 2. The Hall–Kier alpha value is -2.16. The summed E-state index contributed by atoms with van der Waals surface area (Å²) >= 11 is 0. The summed E-state index contributed by atoms with van der Waals surface area (Å²) in [6, 6.07) is 11.6. The molecule has 1 aliphatic heterocycles. The number of ether oxygens (including phenoxy) is 2. The van der Waals surface area contributed by atoms with E-state index in [9.17, 15) is 10.1 Å². The van der Waals surface area contributed by atoms with Crippen LogP contribution in [0.1, 0.15) is 12.5 Å². The molecule has 0 aromatic heterocycles. The van der Waals surface area contributed by atoms with E-state index in [4.69, 9.17) is 9.47 Å². The Morgan fingerprint density at radius 1 is 1.39 bits per heavy atom. The van der Waals surface area contributed by atoms with Gasteiger partial charge in [0, 0.05) is 13.1 Å². The third kappa shape index (κ3) is 4.92. The molecule has 0 aliphatic carbocycles. The average Bonchev–Trinajstić information content (AvgIpc) is 2.60. The van der Waals surface area contributed by atoms with E-state index in [1.54, 1.807) is 6.92 Å². The summed E-state index contributed by atoms with van der Waals surface area (Å²) in [4.78, 5) is 14.2. The van der Waals surface area contributed by atoms with Gasteiger partial charge in [0.25, 0.3) is 0 Å². The van der Waals surface area contributed by atoms with Crippen LogP contribution < -0.4 is 0 Å². The Labute approximate surface area is 137 Å². The van der Waals surface area contributed by atoms with Crippen molar-refractivity contribution in [2.75, 3.05) is 32.9 Å². The van der Waals surface area contributed by atoms with Crippen LogP contribution in [0, 0.1) is 17.2 Å². The van der Waals surface area contributed by atoms with Gasteiger partial charge in [0.1, 0.15) is 0 Å². The van der Waals surface area contributed by atoms with Gasteiger partial charge in [-0.25, -0.2) is 0 Å². The number of morpholine rings is 1. The molecule has 0 saturated carbocycles. The fraction of sp³-hybridized carbons (Fsp3) is 0.444. The third-order valence-corrected chi connectivity index (χ3v) is 3.77. The summed E-state index contributed by atoms with van der Waals surface area (Å²) in [5.41, 5.74) is 1.03. The third-order valence-electron chi connectivity index (χ3n) is 3.77. The summed E-state index contributed by atoms with van der Waals surface area (Å²) in [5, 5.41) is 9.48. The predicted molar refractivity (Wildman–Crippen MR) is 87.4 cm³/mol. The van der Waals surface area contributed by atoms with Crippen LogP contribution in [0.2, 0.25) is 0 Å². The first-order valence-electron chi connectivity index (χ1n) is 7.87. The molecule has 0 bridgehead atoms. The summed E-state index contributed by atoms with van der Waals surface area (Å²) < 4.78 is 10.4. The monoisotopic (exact) mass is 314 g/mol. The molecule has 2 atom stereocenters.